The van der Waals surface area contributed by atoms with Gasteiger partial charge in [0.1, 0.15) is 0 Å². The van der Waals surface area contributed by atoms with Gasteiger partial charge in [-0.05, 0) is 30.0 Å². The van der Waals surface area contributed by atoms with Crippen LogP contribution in [0.5, 0.6) is 0 Å². The van der Waals surface area contributed by atoms with E-state index in [0.29, 0.717) is 16.9 Å². The van der Waals surface area contributed by atoms with Gasteiger partial charge < -0.3 is 0 Å². The van der Waals surface area contributed by atoms with Crippen LogP contribution in [-0.4, -0.2) is 26.6 Å². The Kier molecular flexibility index (Phi) is 4.49. The Balaban J connectivity index is 2.34. The predicted molar refractivity (Wildman–Crippen MR) is 82.1 cm³/mol. The summed E-state index contributed by atoms with van der Waals surface area (Å²) in [4.78, 5) is 11.6. The molecule has 1 aromatic rings. The van der Waals surface area contributed by atoms with Crippen LogP contribution in [0.3, 0.4) is 0 Å². The van der Waals surface area contributed by atoms with Gasteiger partial charge in [0.25, 0.3) is 0 Å². The van der Waals surface area contributed by atoms with E-state index in [1.807, 2.05) is 26.0 Å². The average Bonchev–Trinajstić information content (AvgIpc) is 2.41. The van der Waals surface area contributed by atoms with Crippen molar-refractivity contribution in [2.24, 2.45) is 5.92 Å². The summed E-state index contributed by atoms with van der Waals surface area (Å²) in [7, 11) is -3.27. The lowest BCUT2D eigenvalue weighted by Gasteiger charge is -2.28. The van der Waals surface area contributed by atoms with E-state index in [-0.39, 0.29) is 17.9 Å². The van der Waals surface area contributed by atoms with Gasteiger partial charge in [-0.15, -0.1) is 0 Å². The molecular formula is C15H20N2O3S. The molecule has 1 fully saturated rings. The first-order valence-electron chi connectivity index (χ1n) is 6.81. The maximum absolute atomic E-state index is 11.9. The molecule has 0 bridgehead atoms. The van der Waals surface area contributed by atoms with E-state index in [2.05, 4.69) is 10.9 Å². The van der Waals surface area contributed by atoms with E-state index in [1.165, 1.54) is 6.26 Å². The predicted octanol–water partition coefficient (Wildman–Crippen LogP) is 1.52. The number of hydrazine groups is 1. The number of hydrogen-bond acceptors (Lipinski definition) is 4. The number of sulfone groups is 1. The van der Waals surface area contributed by atoms with Gasteiger partial charge in [-0.1, -0.05) is 31.2 Å². The third-order valence-corrected chi connectivity index (χ3v) is 4.79. The fourth-order valence-corrected chi connectivity index (χ4v) is 3.41. The summed E-state index contributed by atoms with van der Waals surface area (Å²) in [6, 6.07) is 6.93. The quantitative estimate of drug-likeness (QED) is 0.888. The van der Waals surface area contributed by atoms with Crippen LogP contribution in [-0.2, 0) is 14.6 Å². The van der Waals surface area contributed by atoms with Crippen LogP contribution < -0.4 is 10.9 Å². The topological polar surface area (TPSA) is 75.3 Å². The molecule has 1 saturated heterocycles. The smallest absolute Gasteiger partial charge is 0.234 e. The highest BCUT2D eigenvalue weighted by atomic mass is 32.2. The van der Waals surface area contributed by atoms with Gasteiger partial charge in [0.05, 0.1) is 4.90 Å². The number of carbonyl (C=O) groups excluding carboxylic acids is 1. The number of rotatable bonds is 3. The first-order valence-corrected chi connectivity index (χ1v) is 8.70. The Morgan fingerprint density at radius 3 is 2.62 bits per heavy atom. The molecular weight excluding hydrogens is 288 g/mol. The largest absolute Gasteiger partial charge is 0.291 e. The second kappa shape index (κ2) is 5.99. The molecule has 0 aromatic heterocycles. The molecule has 5 nitrogen and oxygen atoms in total. The van der Waals surface area contributed by atoms with Crippen molar-refractivity contribution in [3.05, 3.63) is 35.9 Å². The zero-order chi connectivity index (χ0) is 15.6. The van der Waals surface area contributed by atoms with Crippen molar-refractivity contribution in [1.82, 2.24) is 10.9 Å². The first-order chi connectivity index (χ1) is 9.79. The molecule has 0 aliphatic carbocycles. The van der Waals surface area contributed by atoms with Crippen molar-refractivity contribution in [2.45, 2.75) is 31.2 Å². The molecule has 1 aliphatic heterocycles. The van der Waals surface area contributed by atoms with E-state index in [0.717, 1.165) is 5.57 Å². The van der Waals surface area contributed by atoms with Gasteiger partial charge in [0.2, 0.25) is 5.91 Å². The molecule has 21 heavy (non-hydrogen) atoms. The summed E-state index contributed by atoms with van der Waals surface area (Å²) in [5.74, 6) is 0.125. The lowest BCUT2D eigenvalue weighted by molar-refractivity contribution is -0.125. The van der Waals surface area contributed by atoms with Crippen molar-refractivity contribution in [2.75, 3.05) is 6.26 Å². The van der Waals surface area contributed by atoms with Crippen LogP contribution in [0.25, 0.3) is 5.57 Å². The van der Waals surface area contributed by atoms with Crippen molar-refractivity contribution < 1.29 is 13.2 Å². The lowest BCUT2D eigenvalue weighted by Crippen LogP contribution is -2.52. The van der Waals surface area contributed by atoms with Gasteiger partial charge in [-0.25, -0.2) is 13.8 Å². The zero-order valence-electron chi connectivity index (χ0n) is 12.4. The highest BCUT2D eigenvalue weighted by molar-refractivity contribution is 7.90. The van der Waals surface area contributed by atoms with E-state index >= 15 is 0 Å². The molecule has 0 saturated carbocycles. The molecule has 0 radical (unpaired) electrons. The Bertz CT molecular complexity index is 680. The molecule has 114 valence electrons. The number of carbonyl (C=O) groups is 1. The van der Waals surface area contributed by atoms with Crippen LogP contribution in [0.2, 0.25) is 0 Å². The Morgan fingerprint density at radius 1 is 1.33 bits per heavy atom. The number of amides is 1. The minimum atomic E-state index is -3.27. The molecule has 0 spiro atoms. The summed E-state index contributed by atoms with van der Waals surface area (Å²) < 4.78 is 23.7. The summed E-state index contributed by atoms with van der Waals surface area (Å²) in [6.45, 7) is 3.87. The third-order valence-electron chi connectivity index (χ3n) is 3.64. The Morgan fingerprint density at radius 2 is 2.00 bits per heavy atom. The van der Waals surface area contributed by atoms with Gasteiger partial charge >= 0.3 is 0 Å². The third kappa shape index (κ3) is 3.71. The van der Waals surface area contributed by atoms with E-state index in [9.17, 15) is 13.2 Å². The van der Waals surface area contributed by atoms with Crippen LogP contribution in [0, 0.1) is 5.92 Å². The highest BCUT2D eigenvalue weighted by Gasteiger charge is 2.24. The molecule has 6 heteroatoms. The van der Waals surface area contributed by atoms with E-state index < -0.39 is 9.84 Å². The second-order valence-electron chi connectivity index (χ2n) is 5.52. The van der Waals surface area contributed by atoms with Gasteiger partial charge in [0.15, 0.2) is 9.84 Å². The Labute approximate surface area is 125 Å². The first kappa shape index (κ1) is 15.7. The van der Waals surface area contributed by atoms with Crippen LogP contribution in [0.15, 0.2) is 35.2 Å². The van der Waals surface area contributed by atoms with Crippen molar-refractivity contribution in [3.8, 4) is 0 Å². The number of benzene rings is 1. The fraction of sp³-hybridized carbons (Fsp3) is 0.400. The Hall–Kier alpha value is -1.66. The average molecular weight is 308 g/mol. The molecule has 1 aromatic carbocycles. The van der Waals surface area contributed by atoms with Crippen LogP contribution >= 0.6 is 0 Å². The molecule has 2 atom stereocenters. The standard InChI is InChI=1S/C15H20N2O3S/c1-10(8-13-11(2)9-15(18)17-16-13)12-6-4-5-7-14(12)21(3,19)20/h4-8,11,13,16H,9H2,1-3H3,(H,17,18)/b10-8+. The molecule has 1 heterocycles. The van der Waals surface area contributed by atoms with Crippen LogP contribution in [0.1, 0.15) is 25.8 Å². The normalized spacial score (nSPS) is 23.8. The zero-order valence-corrected chi connectivity index (χ0v) is 13.2. The molecule has 1 aliphatic rings. The van der Waals surface area contributed by atoms with E-state index in [4.69, 9.17) is 0 Å². The number of nitrogens with one attached hydrogen (secondary N) is 2. The monoisotopic (exact) mass is 308 g/mol. The summed E-state index contributed by atoms with van der Waals surface area (Å²) in [5.41, 5.74) is 7.14. The minimum absolute atomic E-state index is 0.0182. The molecule has 2 N–H and O–H groups in total. The van der Waals surface area contributed by atoms with Crippen molar-refractivity contribution in [1.29, 1.82) is 0 Å². The van der Waals surface area contributed by atoms with E-state index in [1.54, 1.807) is 18.2 Å². The molecule has 2 rings (SSSR count). The van der Waals surface area contributed by atoms with Crippen LogP contribution in [0.4, 0.5) is 0 Å². The van der Waals surface area contributed by atoms with Gasteiger partial charge in [-0.3, -0.25) is 10.2 Å². The highest BCUT2D eigenvalue weighted by Crippen LogP contribution is 2.25. The van der Waals surface area contributed by atoms with Gasteiger partial charge in [0, 0.05) is 18.7 Å². The SMILES string of the molecule is C/C(=C\C1NNC(=O)CC1C)c1ccccc1S(C)(=O)=O. The summed E-state index contributed by atoms with van der Waals surface area (Å²) in [6.07, 6.45) is 3.63. The maximum atomic E-state index is 11.9. The molecule has 2 unspecified atom stereocenters. The molecule has 1 amide bonds. The minimum Gasteiger partial charge on any atom is -0.291 e. The fourth-order valence-electron chi connectivity index (χ4n) is 2.46. The van der Waals surface area contributed by atoms with Gasteiger partial charge in [-0.2, -0.15) is 0 Å². The second-order valence-corrected chi connectivity index (χ2v) is 7.50. The maximum Gasteiger partial charge on any atom is 0.234 e. The summed E-state index contributed by atoms with van der Waals surface area (Å²) in [5, 5.41) is 0. The summed E-state index contributed by atoms with van der Waals surface area (Å²) >= 11 is 0. The lowest BCUT2D eigenvalue weighted by atomic mass is 9.93. The van der Waals surface area contributed by atoms with Crippen molar-refractivity contribution >= 4 is 21.3 Å². The number of hydrogen-bond donors (Lipinski definition) is 2. The van der Waals surface area contributed by atoms with Crippen molar-refractivity contribution in [3.63, 3.8) is 0 Å². The number of allylic oxidation sites excluding steroid dienone is 1.